The second-order valence-electron chi connectivity index (χ2n) is 10.2. The summed E-state index contributed by atoms with van der Waals surface area (Å²) in [4.78, 5) is 80.8. The fraction of sp³-hybridized carbons (Fsp3) is 0.536. The van der Waals surface area contributed by atoms with Crippen LogP contribution in [-0.4, -0.2) is 97.0 Å². The molecule has 1 fully saturated rings. The van der Waals surface area contributed by atoms with Crippen LogP contribution in [-0.2, 0) is 40.1 Å². The van der Waals surface area contributed by atoms with Crippen molar-refractivity contribution in [3.05, 3.63) is 35.9 Å². The normalized spacial score (nSPS) is 16.9. The number of aliphatic imine (C=N–C) groups is 1. The Morgan fingerprint density at radius 3 is 2.27 bits per heavy atom. The van der Waals surface area contributed by atoms with E-state index in [1.165, 1.54) is 32.8 Å². The van der Waals surface area contributed by atoms with Gasteiger partial charge in [0.25, 0.3) is 0 Å². The fourth-order valence-electron chi connectivity index (χ4n) is 4.27. The Bertz CT molecular complexity index is 1210. The summed E-state index contributed by atoms with van der Waals surface area (Å²) in [5.74, 6) is -3.13. The van der Waals surface area contributed by atoms with E-state index in [0.717, 1.165) is 5.56 Å². The van der Waals surface area contributed by atoms with Crippen LogP contribution in [0.25, 0.3) is 0 Å². The molecule has 0 radical (unpaired) electrons. The predicted molar refractivity (Wildman–Crippen MR) is 158 cm³/mol. The molecule has 1 aromatic rings. The number of nitrogens with zero attached hydrogens (tertiary/aromatic N) is 2. The average Bonchev–Trinajstić information content (AvgIpc) is 3.35. The molecule has 242 valence electrons. The minimum absolute atomic E-state index is 0.00553. The molecule has 16 heteroatoms. The SMILES string of the molecule is COC(=O)[C@H](C)N1CC[C@@H](NC(=O)[C@H](C)NC(=O)[C@H](CCCN=C(N)N)NC(=O)[C@H](C)NC(=O)OCc2ccccc2)C1=O. The Labute approximate surface area is 255 Å². The number of ether oxygens (including phenoxy) is 2. The molecule has 0 unspecified atom stereocenters. The lowest BCUT2D eigenvalue weighted by Gasteiger charge is -2.24. The van der Waals surface area contributed by atoms with Gasteiger partial charge in [0, 0.05) is 13.1 Å². The number of benzene rings is 1. The maximum absolute atomic E-state index is 13.1. The van der Waals surface area contributed by atoms with Crippen LogP contribution >= 0.6 is 0 Å². The van der Waals surface area contributed by atoms with Crippen molar-refractivity contribution in [1.82, 2.24) is 26.2 Å². The second-order valence-corrected chi connectivity index (χ2v) is 10.2. The summed E-state index contributed by atoms with van der Waals surface area (Å²) in [5, 5.41) is 10.1. The van der Waals surface area contributed by atoms with E-state index in [1.807, 2.05) is 6.07 Å². The molecule has 0 saturated carbocycles. The van der Waals surface area contributed by atoms with Crippen molar-refractivity contribution in [2.24, 2.45) is 16.5 Å². The summed E-state index contributed by atoms with van der Waals surface area (Å²) in [5.41, 5.74) is 11.5. The number of esters is 1. The third-order valence-corrected chi connectivity index (χ3v) is 6.84. The van der Waals surface area contributed by atoms with Crippen LogP contribution in [0.2, 0.25) is 0 Å². The van der Waals surface area contributed by atoms with Gasteiger partial charge in [-0.05, 0) is 45.6 Å². The zero-order valence-corrected chi connectivity index (χ0v) is 25.3. The molecule has 1 saturated heterocycles. The maximum Gasteiger partial charge on any atom is 0.408 e. The largest absolute Gasteiger partial charge is 0.467 e. The molecule has 1 heterocycles. The van der Waals surface area contributed by atoms with E-state index in [9.17, 15) is 28.8 Å². The molecule has 0 aliphatic carbocycles. The van der Waals surface area contributed by atoms with Crippen molar-refractivity contribution in [2.75, 3.05) is 20.2 Å². The minimum Gasteiger partial charge on any atom is -0.467 e. The highest BCUT2D eigenvalue weighted by molar-refractivity contribution is 5.96. The Hall–Kier alpha value is -4.89. The third-order valence-electron chi connectivity index (χ3n) is 6.84. The number of nitrogens with two attached hydrogens (primary N) is 2. The van der Waals surface area contributed by atoms with Crippen LogP contribution in [0, 0.1) is 0 Å². The van der Waals surface area contributed by atoms with Crippen molar-refractivity contribution < 1.29 is 38.2 Å². The fourth-order valence-corrected chi connectivity index (χ4v) is 4.27. The first-order valence-corrected chi connectivity index (χ1v) is 14.2. The Balaban J connectivity index is 1.96. The van der Waals surface area contributed by atoms with Crippen molar-refractivity contribution >= 4 is 41.7 Å². The number of nitrogens with one attached hydrogen (secondary N) is 4. The molecular formula is C28H42N8O8. The third kappa shape index (κ3) is 11.1. The van der Waals surface area contributed by atoms with Gasteiger partial charge in [-0.25, -0.2) is 9.59 Å². The van der Waals surface area contributed by atoms with Crippen molar-refractivity contribution in [3.8, 4) is 0 Å². The van der Waals surface area contributed by atoms with Crippen molar-refractivity contribution in [1.29, 1.82) is 0 Å². The number of alkyl carbamates (subject to hydrolysis) is 1. The van der Waals surface area contributed by atoms with E-state index in [4.69, 9.17) is 16.2 Å². The van der Waals surface area contributed by atoms with E-state index in [0.29, 0.717) is 6.42 Å². The Morgan fingerprint density at radius 1 is 0.977 bits per heavy atom. The number of hydrogen-bond donors (Lipinski definition) is 6. The Kier molecular flexibility index (Phi) is 13.9. The molecule has 1 aromatic carbocycles. The van der Waals surface area contributed by atoms with Gasteiger partial charge < -0.3 is 47.1 Å². The van der Waals surface area contributed by atoms with Gasteiger partial charge in [0.05, 0.1) is 7.11 Å². The molecule has 0 aromatic heterocycles. The molecule has 16 nitrogen and oxygen atoms in total. The van der Waals surface area contributed by atoms with Crippen LogP contribution in [0.4, 0.5) is 4.79 Å². The molecule has 5 atom stereocenters. The van der Waals surface area contributed by atoms with Crippen molar-refractivity contribution in [2.45, 2.75) is 76.8 Å². The van der Waals surface area contributed by atoms with Gasteiger partial charge in [0.15, 0.2) is 5.96 Å². The molecule has 5 amide bonds. The zero-order valence-electron chi connectivity index (χ0n) is 25.3. The van der Waals surface area contributed by atoms with Gasteiger partial charge in [0.1, 0.15) is 36.8 Å². The highest BCUT2D eigenvalue weighted by Gasteiger charge is 2.38. The molecule has 1 aliphatic heterocycles. The van der Waals surface area contributed by atoms with Crippen LogP contribution in [0.3, 0.4) is 0 Å². The molecular weight excluding hydrogens is 576 g/mol. The number of rotatable bonds is 15. The zero-order chi connectivity index (χ0) is 32.8. The first-order chi connectivity index (χ1) is 20.8. The smallest absolute Gasteiger partial charge is 0.408 e. The standard InChI is InChI=1S/C28H42N8O8/c1-16(22(37)35-21-12-14-36(25(21)40)18(3)26(41)43-4)32-24(39)20(11-8-13-31-27(29)30)34-23(38)17(2)33-28(42)44-15-19-9-6-5-7-10-19/h5-7,9-10,16-18,20-21H,8,11-15H2,1-4H3,(H,32,39)(H,33,42)(H,34,38)(H,35,37)(H4,29,30,31)/t16-,17-,18-,20-,21+/m0/s1. The number of hydrogen-bond acceptors (Lipinski definition) is 9. The number of likely N-dealkylation sites (tertiary alicyclic amines) is 1. The van der Waals surface area contributed by atoms with Crippen LogP contribution in [0.1, 0.15) is 45.6 Å². The van der Waals surface area contributed by atoms with Gasteiger partial charge in [-0.15, -0.1) is 0 Å². The number of carbonyl (C=O) groups is 6. The van der Waals surface area contributed by atoms with Gasteiger partial charge in [-0.1, -0.05) is 30.3 Å². The van der Waals surface area contributed by atoms with E-state index in [2.05, 4.69) is 31.0 Å². The van der Waals surface area contributed by atoms with E-state index < -0.39 is 65.9 Å². The van der Waals surface area contributed by atoms with Gasteiger partial charge >= 0.3 is 12.1 Å². The van der Waals surface area contributed by atoms with Crippen LogP contribution in [0.15, 0.2) is 35.3 Å². The molecule has 1 aliphatic rings. The molecule has 2 rings (SSSR count). The summed E-state index contributed by atoms with van der Waals surface area (Å²) in [7, 11) is 1.22. The predicted octanol–water partition coefficient (Wildman–Crippen LogP) is -1.38. The summed E-state index contributed by atoms with van der Waals surface area (Å²) < 4.78 is 9.82. The lowest BCUT2D eigenvalue weighted by Crippen LogP contribution is -2.56. The molecule has 44 heavy (non-hydrogen) atoms. The molecule has 0 spiro atoms. The minimum atomic E-state index is -1.11. The summed E-state index contributed by atoms with van der Waals surface area (Å²) in [6.45, 7) is 4.81. The monoisotopic (exact) mass is 618 g/mol. The summed E-state index contributed by atoms with van der Waals surface area (Å²) in [6.07, 6.45) is -0.135. The number of guanidine groups is 1. The van der Waals surface area contributed by atoms with Gasteiger partial charge in [-0.2, -0.15) is 0 Å². The average molecular weight is 619 g/mol. The first kappa shape index (κ1) is 35.3. The molecule has 8 N–H and O–H groups in total. The lowest BCUT2D eigenvalue weighted by atomic mass is 10.1. The van der Waals surface area contributed by atoms with E-state index in [1.54, 1.807) is 24.3 Å². The number of methoxy groups -OCH3 is 1. The first-order valence-electron chi connectivity index (χ1n) is 14.2. The Morgan fingerprint density at radius 2 is 1.64 bits per heavy atom. The maximum atomic E-state index is 13.1. The second kappa shape index (κ2) is 17.3. The van der Waals surface area contributed by atoms with Crippen molar-refractivity contribution in [3.63, 3.8) is 0 Å². The van der Waals surface area contributed by atoms with Gasteiger partial charge in [-0.3, -0.25) is 24.2 Å². The lowest BCUT2D eigenvalue weighted by molar-refractivity contribution is -0.150. The topological polar surface area (TPSA) is 237 Å². The summed E-state index contributed by atoms with van der Waals surface area (Å²) >= 11 is 0. The number of carbonyl (C=O) groups excluding carboxylic acids is 6. The highest BCUT2D eigenvalue weighted by Crippen LogP contribution is 2.15. The molecule has 0 bridgehead atoms. The number of amides is 5. The highest BCUT2D eigenvalue weighted by atomic mass is 16.5. The quantitative estimate of drug-likeness (QED) is 0.0583. The van der Waals surface area contributed by atoms with Crippen LogP contribution in [0.5, 0.6) is 0 Å². The van der Waals surface area contributed by atoms with E-state index in [-0.39, 0.29) is 38.5 Å². The summed E-state index contributed by atoms with van der Waals surface area (Å²) in [6, 6.07) is 4.04. The van der Waals surface area contributed by atoms with Gasteiger partial charge in [0.2, 0.25) is 23.6 Å². The van der Waals surface area contributed by atoms with Crippen LogP contribution < -0.4 is 32.7 Å². The van der Waals surface area contributed by atoms with E-state index >= 15 is 0 Å².